The second kappa shape index (κ2) is 9.79. The summed E-state index contributed by atoms with van der Waals surface area (Å²) >= 11 is 0. The number of hydrogen-bond donors (Lipinski definition) is 1. The summed E-state index contributed by atoms with van der Waals surface area (Å²) in [6.45, 7) is 5.92. The predicted octanol–water partition coefficient (Wildman–Crippen LogP) is 4.39. The van der Waals surface area contributed by atoms with Crippen molar-refractivity contribution in [2.45, 2.75) is 31.8 Å². The summed E-state index contributed by atoms with van der Waals surface area (Å²) in [6.07, 6.45) is 2.20. The van der Waals surface area contributed by atoms with Crippen LogP contribution in [0, 0.1) is 11.6 Å². The highest BCUT2D eigenvalue weighted by molar-refractivity contribution is 5.98. The van der Waals surface area contributed by atoms with Gasteiger partial charge in [0.1, 0.15) is 29.8 Å². The van der Waals surface area contributed by atoms with Crippen molar-refractivity contribution >= 4 is 27.6 Å². The minimum absolute atomic E-state index is 0.0580. The van der Waals surface area contributed by atoms with Crippen molar-refractivity contribution in [2.24, 2.45) is 0 Å². The van der Waals surface area contributed by atoms with Gasteiger partial charge in [-0.3, -0.25) is 0 Å². The lowest BCUT2D eigenvalue weighted by molar-refractivity contribution is 0.188. The molecule has 0 spiro atoms. The lowest BCUT2D eigenvalue weighted by atomic mass is 10.0. The zero-order valence-corrected chi connectivity index (χ0v) is 21.0. The van der Waals surface area contributed by atoms with E-state index in [0.717, 1.165) is 39.0 Å². The zero-order chi connectivity index (χ0) is 25.5. The number of halogens is 2. The largest absolute Gasteiger partial charge is 0.462 e. The van der Waals surface area contributed by atoms with E-state index in [1.807, 2.05) is 0 Å². The number of likely N-dealkylation sites (tertiary alicyclic amines) is 1. The molecular formula is C28H30F2N6O. The Hall–Kier alpha value is -3.43. The standard InChI is InChI=1S/C28H30F2N6O/c1-17-15-31-11-13-36(17)27-21-14-23(30)25(20-9-3-6-18-7-4-10-22(29)24(18)20)32-26(21)33-28(34-27)37-16-19-8-5-12-35(19)2/h3-4,6-7,9-10,14,17,19,31H,5,8,11-13,15-16H2,1-2H3/t17-,19+/m1/s1. The van der Waals surface area contributed by atoms with Crippen LogP contribution in [0.2, 0.25) is 0 Å². The molecule has 0 aliphatic carbocycles. The summed E-state index contributed by atoms with van der Waals surface area (Å²) in [5.74, 6) is -0.356. The molecule has 0 unspecified atom stereocenters. The fraction of sp³-hybridized carbons (Fsp3) is 0.393. The molecule has 2 atom stereocenters. The predicted molar refractivity (Wildman–Crippen MR) is 141 cm³/mol. The first-order chi connectivity index (χ1) is 18.0. The normalized spacial score (nSPS) is 20.7. The number of likely N-dealkylation sites (N-methyl/N-ethyl adjacent to an activating group) is 1. The summed E-state index contributed by atoms with van der Waals surface area (Å²) in [4.78, 5) is 18.4. The summed E-state index contributed by atoms with van der Waals surface area (Å²) in [5.41, 5.74) is 0.777. The van der Waals surface area contributed by atoms with Crippen LogP contribution in [-0.2, 0) is 0 Å². The number of hydrogen-bond acceptors (Lipinski definition) is 7. The number of pyridine rings is 1. The van der Waals surface area contributed by atoms with E-state index in [9.17, 15) is 4.39 Å². The van der Waals surface area contributed by atoms with Gasteiger partial charge < -0.3 is 19.9 Å². The maximum atomic E-state index is 15.7. The van der Waals surface area contributed by atoms with E-state index in [0.29, 0.717) is 45.8 Å². The Balaban J connectivity index is 1.49. The maximum absolute atomic E-state index is 15.7. The van der Waals surface area contributed by atoms with Gasteiger partial charge in [0.05, 0.1) is 5.39 Å². The van der Waals surface area contributed by atoms with Gasteiger partial charge >= 0.3 is 6.01 Å². The fourth-order valence-electron chi connectivity index (χ4n) is 5.48. The molecule has 2 saturated heterocycles. The summed E-state index contributed by atoms with van der Waals surface area (Å²) < 4.78 is 36.7. The van der Waals surface area contributed by atoms with Crippen molar-refractivity contribution < 1.29 is 13.5 Å². The molecule has 2 aliphatic rings. The molecule has 9 heteroatoms. The van der Waals surface area contributed by atoms with Crippen LogP contribution in [0.25, 0.3) is 33.1 Å². The number of aromatic nitrogens is 3. The van der Waals surface area contributed by atoms with Crippen molar-refractivity contribution in [3.8, 4) is 17.3 Å². The van der Waals surface area contributed by atoms with Crippen molar-refractivity contribution in [1.29, 1.82) is 0 Å². The monoisotopic (exact) mass is 504 g/mol. The second-order valence-corrected chi connectivity index (χ2v) is 10.00. The highest BCUT2D eigenvalue weighted by atomic mass is 19.1. The van der Waals surface area contributed by atoms with Gasteiger partial charge in [0.15, 0.2) is 5.65 Å². The highest BCUT2D eigenvalue weighted by Gasteiger charge is 2.26. The van der Waals surface area contributed by atoms with Gasteiger partial charge in [-0.25, -0.2) is 13.8 Å². The van der Waals surface area contributed by atoms with Crippen LogP contribution >= 0.6 is 0 Å². The molecule has 0 amide bonds. The number of piperazine rings is 1. The van der Waals surface area contributed by atoms with Gasteiger partial charge in [-0.05, 0) is 50.9 Å². The Kier molecular flexibility index (Phi) is 6.34. The summed E-state index contributed by atoms with van der Waals surface area (Å²) in [7, 11) is 2.09. The lowest BCUT2D eigenvalue weighted by Gasteiger charge is -2.35. The SMILES string of the molecule is C[C@@H]1CNCCN1c1nc(OC[C@@H]2CCCN2C)nc2nc(-c3cccc4cccc(F)c34)c(F)cc12. The van der Waals surface area contributed by atoms with Crippen LogP contribution in [-0.4, -0.2) is 71.8 Å². The van der Waals surface area contributed by atoms with E-state index in [2.05, 4.69) is 39.1 Å². The number of anilines is 1. The van der Waals surface area contributed by atoms with E-state index in [-0.39, 0.29) is 17.7 Å². The number of fused-ring (bicyclic) bond motifs is 2. The first-order valence-corrected chi connectivity index (χ1v) is 12.9. The summed E-state index contributed by atoms with van der Waals surface area (Å²) in [6, 6.07) is 12.2. The van der Waals surface area contributed by atoms with Gasteiger partial charge in [0.25, 0.3) is 0 Å². The van der Waals surface area contributed by atoms with Gasteiger partial charge in [-0.15, -0.1) is 0 Å². The molecule has 1 N–H and O–H groups in total. The number of nitrogens with one attached hydrogen (secondary N) is 1. The Morgan fingerprint density at radius 1 is 1.05 bits per heavy atom. The molecule has 4 heterocycles. The molecule has 192 valence electrons. The zero-order valence-electron chi connectivity index (χ0n) is 21.0. The van der Waals surface area contributed by atoms with Crippen molar-refractivity contribution in [1.82, 2.24) is 25.2 Å². The van der Waals surface area contributed by atoms with Crippen molar-refractivity contribution in [3.05, 3.63) is 54.1 Å². The first kappa shape index (κ1) is 23.9. The molecular weight excluding hydrogens is 474 g/mol. The molecule has 0 bridgehead atoms. The molecule has 2 aliphatic heterocycles. The Labute approximate surface area is 214 Å². The number of rotatable bonds is 5. The minimum Gasteiger partial charge on any atom is -0.462 e. The molecule has 2 fully saturated rings. The highest BCUT2D eigenvalue weighted by Crippen LogP contribution is 2.35. The van der Waals surface area contributed by atoms with E-state index < -0.39 is 11.6 Å². The van der Waals surface area contributed by atoms with E-state index in [1.54, 1.807) is 30.3 Å². The number of benzene rings is 2. The van der Waals surface area contributed by atoms with Crippen LogP contribution in [0.1, 0.15) is 19.8 Å². The Morgan fingerprint density at radius 2 is 1.89 bits per heavy atom. The molecule has 6 rings (SSSR count). The second-order valence-electron chi connectivity index (χ2n) is 10.00. The molecule has 2 aromatic carbocycles. The van der Waals surface area contributed by atoms with E-state index in [4.69, 9.17) is 9.72 Å². The van der Waals surface area contributed by atoms with E-state index in [1.165, 1.54) is 12.1 Å². The van der Waals surface area contributed by atoms with Gasteiger partial charge in [0, 0.05) is 42.7 Å². The topological polar surface area (TPSA) is 66.4 Å². The third kappa shape index (κ3) is 4.46. The lowest BCUT2D eigenvalue weighted by Crippen LogP contribution is -2.50. The van der Waals surface area contributed by atoms with Crippen LogP contribution < -0.4 is 15.0 Å². The average molecular weight is 505 g/mol. The summed E-state index contributed by atoms with van der Waals surface area (Å²) in [5, 5.41) is 4.91. The van der Waals surface area contributed by atoms with E-state index >= 15 is 4.39 Å². The number of ether oxygens (including phenoxy) is 1. The fourth-order valence-corrected chi connectivity index (χ4v) is 5.48. The third-order valence-corrected chi connectivity index (χ3v) is 7.56. The average Bonchev–Trinajstić information content (AvgIpc) is 3.31. The Morgan fingerprint density at radius 3 is 2.68 bits per heavy atom. The van der Waals surface area contributed by atoms with Crippen LogP contribution in [0.3, 0.4) is 0 Å². The smallest absolute Gasteiger partial charge is 0.320 e. The minimum atomic E-state index is -0.544. The first-order valence-electron chi connectivity index (χ1n) is 12.9. The van der Waals surface area contributed by atoms with Crippen LogP contribution in [0.5, 0.6) is 6.01 Å². The van der Waals surface area contributed by atoms with Gasteiger partial charge in [-0.2, -0.15) is 9.97 Å². The van der Waals surface area contributed by atoms with Crippen LogP contribution in [0.4, 0.5) is 14.6 Å². The van der Waals surface area contributed by atoms with Crippen LogP contribution in [0.15, 0.2) is 42.5 Å². The van der Waals surface area contributed by atoms with Crippen molar-refractivity contribution in [2.75, 3.05) is 44.7 Å². The van der Waals surface area contributed by atoms with Gasteiger partial charge in [-0.1, -0.05) is 30.3 Å². The molecule has 0 radical (unpaired) electrons. The van der Waals surface area contributed by atoms with Crippen molar-refractivity contribution in [3.63, 3.8) is 0 Å². The number of nitrogens with zero attached hydrogens (tertiary/aromatic N) is 5. The molecule has 4 aromatic rings. The molecule has 37 heavy (non-hydrogen) atoms. The van der Waals surface area contributed by atoms with Gasteiger partial charge in [0.2, 0.25) is 0 Å². The molecule has 2 aromatic heterocycles. The quantitative estimate of drug-likeness (QED) is 0.432. The molecule has 0 saturated carbocycles. The Bertz CT molecular complexity index is 1460. The maximum Gasteiger partial charge on any atom is 0.320 e. The molecule has 7 nitrogen and oxygen atoms in total. The third-order valence-electron chi connectivity index (χ3n) is 7.56.